The molecule has 0 aromatic heterocycles. The zero-order valence-corrected chi connectivity index (χ0v) is 14.9. The molecule has 0 atom stereocenters. The third kappa shape index (κ3) is 5.46. The number of nitrogens with zero attached hydrogens (tertiary/aromatic N) is 1. The summed E-state index contributed by atoms with van der Waals surface area (Å²) in [5.74, 6) is 0.629. The zero-order chi connectivity index (χ0) is 17.4. The Morgan fingerprint density at radius 1 is 1.48 bits per heavy atom. The highest BCUT2D eigenvalue weighted by atomic mass is 79.9. The number of nitriles is 1. The molecule has 0 fully saturated rings. The SMILES string of the molecule is C=CCOc1cc(Br)c(/C=C(/C#N)C(=O)NC(C)C)cc1OC. The molecule has 0 unspecified atom stereocenters. The van der Waals surface area contributed by atoms with Crippen LogP contribution in [-0.2, 0) is 4.79 Å². The Labute approximate surface area is 144 Å². The minimum absolute atomic E-state index is 0.0150. The van der Waals surface area contributed by atoms with Gasteiger partial charge in [-0.1, -0.05) is 28.6 Å². The van der Waals surface area contributed by atoms with E-state index in [0.29, 0.717) is 28.1 Å². The van der Waals surface area contributed by atoms with Gasteiger partial charge in [0.15, 0.2) is 11.5 Å². The molecule has 6 heteroatoms. The van der Waals surface area contributed by atoms with E-state index in [4.69, 9.17) is 9.47 Å². The maximum Gasteiger partial charge on any atom is 0.262 e. The van der Waals surface area contributed by atoms with Crippen molar-refractivity contribution in [3.05, 3.63) is 40.4 Å². The van der Waals surface area contributed by atoms with Crippen LogP contribution in [0.15, 0.2) is 34.8 Å². The molecule has 1 rings (SSSR count). The highest BCUT2D eigenvalue weighted by Gasteiger charge is 2.13. The Balaban J connectivity index is 3.21. The maximum atomic E-state index is 12.0. The lowest BCUT2D eigenvalue weighted by Gasteiger charge is -2.12. The molecule has 0 bridgehead atoms. The topological polar surface area (TPSA) is 71.3 Å². The van der Waals surface area contributed by atoms with Crippen LogP contribution in [-0.4, -0.2) is 25.7 Å². The molecule has 0 saturated carbocycles. The van der Waals surface area contributed by atoms with Crippen molar-refractivity contribution in [2.24, 2.45) is 0 Å². The van der Waals surface area contributed by atoms with Gasteiger partial charge < -0.3 is 14.8 Å². The summed E-state index contributed by atoms with van der Waals surface area (Å²) >= 11 is 3.41. The summed E-state index contributed by atoms with van der Waals surface area (Å²) in [6, 6.07) is 5.29. The molecule has 0 aliphatic carbocycles. The fourth-order valence-corrected chi connectivity index (χ4v) is 2.16. The van der Waals surface area contributed by atoms with Crippen molar-refractivity contribution in [3.8, 4) is 17.6 Å². The number of hydrogen-bond acceptors (Lipinski definition) is 4. The Hall–Kier alpha value is -2.26. The van der Waals surface area contributed by atoms with Crippen molar-refractivity contribution >= 4 is 27.9 Å². The third-order valence-electron chi connectivity index (χ3n) is 2.72. The van der Waals surface area contributed by atoms with Gasteiger partial charge in [0, 0.05) is 10.5 Å². The Kier molecular flexibility index (Phi) is 7.36. The zero-order valence-electron chi connectivity index (χ0n) is 13.4. The summed E-state index contributed by atoms with van der Waals surface area (Å²) in [4.78, 5) is 12.0. The van der Waals surface area contributed by atoms with E-state index in [9.17, 15) is 10.1 Å². The smallest absolute Gasteiger partial charge is 0.262 e. The van der Waals surface area contributed by atoms with Crippen LogP contribution in [0.3, 0.4) is 0 Å². The van der Waals surface area contributed by atoms with E-state index in [2.05, 4.69) is 27.8 Å². The van der Waals surface area contributed by atoms with Crippen molar-refractivity contribution in [1.29, 1.82) is 5.26 Å². The molecule has 5 nitrogen and oxygen atoms in total. The molecule has 0 heterocycles. The predicted molar refractivity (Wildman–Crippen MR) is 93.3 cm³/mol. The van der Waals surface area contributed by atoms with Crippen LogP contribution in [0.4, 0.5) is 0 Å². The molecule has 0 radical (unpaired) electrons. The van der Waals surface area contributed by atoms with Crippen LogP contribution >= 0.6 is 15.9 Å². The van der Waals surface area contributed by atoms with E-state index in [1.54, 1.807) is 18.2 Å². The minimum Gasteiger partial charge on any atom is -0.493 e. The first-order valence-corrected chi connectivity index (χ1v) is 7.76. The molecule has 1 aromatic carbocycles. The largest absolute Gasteiger partial charge is 0.493 e. The summed E-state index contributed by atoms with van der Waals surface area (Å²) < 4.78 is 11.5. The van der Waals surface area contributed by atoms with Gasteiger partial charge in [0.25, 0.3) is 5.91 Å². The van der Waals surface area contributed by atoms with Crippen LogP contribution in [0.1, 0.15) is 19.4 Å². The second-order valence-corrected chi connectivity index (χ2v) is 5.78. The molecule has 1 N–H and O–H groups in total. The van der Waals surface area contributed by atoms with Gasteiger partial charge in [0.05, 0.1) is 7.11 Å². The summed E-state index contributed by atoms with van der Waals surface area (Å²) in [7, 11) is 1.52. The normalized spacial score (nSPS) is 10.9. The molecule has 0 aliphatic heterocycles. The van der Waals surface area contributed by atoms with Gasteiger partial charge in [-0.25, -0.2) is 0 Å². The Bertz CT molecular complexity index is 661. The highest BCUT2D eigenvalue weighted by Crippen LogP contribution is 2.34. The highest BCUT2D eigenvalue weighted by molar-refractivity contribution is 9.10. The quantitative estimate of drug-likeness (QED) is 0.448. The lowest BCUT2D eigenvalue weighted by molar-refractivity contribution is -0.117. The van der Waals surface area contributed by atoms with Crippen LogP contribution in [0.2, 0.25) is 0 Å². The van der Waals surface area contributed by atoms with E-state index in [1.165, 1.54) is 13.2 Å². The van der Waals surface area contributed by atoms with E-state index in [-0.39, 0.29) is 11.6 Å². The first-order chi connectivity index (χ1) is 10.9. The average molecular weight is 379 g/mol. The minimum atomic E-state index is -0.416. The van der Waals surface area contributed by atoms with Gasteiger partial charge >= 0.3 is 0 Å². The lowest BCUT2D eigenvalue weighted by atomic mass is 10.1. The van der Waals surface area contributed by atoms with Crippen LogP contribution in [0.25, 0.3) is 6.08 Å². The number of amides is 1. The third-order valence-corrected chi connectivity index (χ3v) is 3.41. The van der Waals surface area contributed by atoms with Crippen molar-refractivity contribution in [2.45, 2.75) is 19.9 Å². The van der Waals surface area contributed by atoms with Gasteiger partial charge in [-0.3, -0.25) is 4.79 Å². The van der Waals surface area contributed by atoms with Crippen LogP contribution in [0, 0.1) is 11.3 Å². The molecule has 122 valence electrons. The molecule has 0 spiro atoms. The number of methoxy groups -OCH3 is 1. The van der Waals surface area contributed by atoms with Crippen molar-refractivity contribution in [2.75, 3.05) is 13.7 Å². The van der Waals surface area contributed by atoms with Gasteiger partial charge in [0.1, 0.15) is 18.2 Å². The van der Waals surface area contributed by atoms with E-state index in [0.717, 1.165) is 0 Å². The van der Waals surface area contributed by atoms with Crippen molar-refractivity contribution in [1.82, 2.24) is 5.32 Å². The van der Waals surface area contributed by atoms with Crippen molar-refractivity contribution in [3.63, 3.8) is 0 Å². The summed E-state index contributed by atoms with van der Waals surface area (Å²) in [5, 5.41) is 11.9. The Morgan fingerprint density at radius 2 is 2.17 bits per heavy atom. The summed E-state index contributed by atoms with van der Waals surface area (Å²) in [5.41, 5.74) is 0.657. The number of ether oxygens (including phenoxy) is 2. The predicted octanol–water partition coefficient (Wildman–Crippen LogP) is 3.45. The fraction of sp³-hybridized carbons (Fsp3) is 0.294. The maximum absolute atomic E-state index is 12.0. The summed E-state index contributed by atoms with van der Waals surface area (Å²) in [6.45, 7) is 7.60. The van der Waals surface area contributed by atoms with Crippen molar-refractivity contribution < 1.29 is 14.3 Å². The number of halogens is 1. The number of nitrogens with one attached hydrogen (secondary N) is 1. The summed E-state index contributed by atoms with van der Waals surface area (Å²) in [6.07, 6.45) is 3.13. The monoisotopic (exact) mass is 378 g/mol. The van der Waals surface area contributed by atoms with Gasteiger partial charge in [-0.05, 0) is 37.6 Å². The van der Waals surface area contributed by atoms with Crippen LogP contribution < -0.4 is 14.8 Å². The number of carbonyl (C=O) groups excluding carboxylic acids is 1. The number of carbonyl (C=O) groups is 1. The molecule has 1 aromatic rings. The Morgan fingerprint density at radius 3 is 2.70 bits per heavy atom. The van der Waals surface area contributed by atoms with Gasteiger partial charge in [-0.15, -0.1) is 0 Å². The first kappa shape index (κ1) is 18.8. The molecule has 23 heavy (non-hydrogen) atoms. The fourth-order valence-electron chi connectivity index (χ4n) is 1.73. The van der Waals surface area contributed by atoms with Crippen LogP contribution in [0.5, 0.6) is 11.5 Å². The van der Waals surface area contributed by atoms with E-state index < -0.39 is 5.91 Å². The van der Waals surface area contributed by atoms with E-state index in [1.807, 2.05) is 19.9 Å². The number of rotatable bonds is 7. The number of hydrogen-bond donors (Lipinski definition) is 1. The second kappa shape index (κ2) is 9.01. The molecule has 0 saturated heterocycles. The molecule has 0 aliphatic rings. The van der Waals surface area contributed by atoms with E-state index >= 15 is 0 Å². The first-order valence-electron chi connectivity index (χ1n) is 6.96. The molecule has 1 amide bonds. The average Bonchev–Trinajstić information content (AvgIpc) is 2.50. The second-order valence-electron chi connectivity index (χ2n) is 4.92. The van der Waals surface area contributed by atoms with Gasteiger partial charge in [-0.2, -0.15) is 5.26 Å². The lowest BCUT2D eigenvalue weighted by Crippen LogP contribution is -2.30. The number of benzene rings is 1. The molecular weight excluding hydrogens is 360 g/mol. The molecular formula is C17H19BrN2O3. The standard InChI is InChI=1S/C17H19BrN2O3/c1-5-6-23-16-9-14(18)12(8-15(16)22-4)7-13(10-19)17(21)20-11(2)3/h5,7-9,11H,1,6H2,2-4H3,(H,20,21)/b13-7-. The van der Waals surface area contributed by atoms with Gasteiger partial charge in [0.2, 0.25) is 0 Å².